The average molecular weight is 202 g/mol. The van der Waals surface area contributed by atoms with Gasteiger partial charge in [0.25, 0.3) is 0 Å². The molecule has 1 fully saturated rings. The van der Waals surface area contributed by atoms with Crippen LogP contribution in [0, 0.1) is 0 Å². The van der Waals surface area contributed by atoms with Crippen LogP contribution in [0.4, 0.5) is 0 Å². The Hall–Kier alpha value is 0.310. The maximum absolute atomic E-state index is 5.73. The fourth-order valence-electron chi connectivity index (χ4n) is 1.69. The molecule has 2 heteroatoms. The highest BCUT2D eigenvalue weighted by molar-refractivity contribution is 8.00. The van der Waals surface area contributed by atoms with Crippen LogP contribution in [0.25, 0.3) is 0 Å². The third-order valence-corrected chi connectivity index (χ3v) is 3.90. The lowest BCUT2D eigenvalue weighted by Gasteiger charge is -2.07. The molecular formula is C11H22OS. The Bertz CT molecular complexity index is 127. The summed E-state index contributed by atoms with van der Waals surface area (Å²) in [7, 11) is 0. The summed E-state index contributed by atoms with van der Waals surface area (Å²) in [6.07, 6.45) is 7.90. The summed E-state index contributed by atoms with van der Waals surface area (Å²) >= 11 is 2.06. The summed E-state index contributed by atoms with van der Waals surface area (Å²) < 4.78 is 5.73. The lowest BCUT2D eigenvalue weighted by molar-refractivity contribution is 0.124. The molecular weight excluding hydrogens is 180 g/mol. The van der Waals surface area contributed by atoms with Crippen molar-refractivity contribution in [2.24, 2.45) is 0 Å². The van der Waals surface area contributed by atoms with E-state index in [2.05, 4.69) is 25.6 Å². The van der Waals surface area contributed by atoms with Gasteiger partial charge in [0.05, 0.1) is 6.61 Å². The first kappa shape index (κ1) is 11.4. The first-order chi connectivity index (χ1) is 6.36. The van der Waals surface area contributed by atoms with Gasteiger partial charge in [0, 0.05) is 5.25 Å². The maximum atomic E-state index is 5.73. The molecule has 1 nitrogen and oxygen atoms in total. The van der Waals surface area contributed by atoms with Crippen LogP contribution in [-0.2, 0) is 4.74 Å². The number of hydrogen-bond acceptors (Lipinski definition) is 2. The van der Waals surface area contributed by atoms with Crippen molar-refractivity contribution in [1.82, 2.24) is 0 Å². The second-order valence-electron chi connectivity index (χ2n) is 3.81. The van der Waals surface area contributed by atoms with Crippen LogP contribution in [0.1, 0.15) is 52.4 Å². The quantitative estimate of drug-likeness (QED) is 0.605. The second kappa shape index (κ2) is 6.72. The van der Waals surface area contributed by atoms with Gasteiger partial charge < -0.3 is 4.74 Å². The average Bonchev–Trinajstić information content (AvgIpc) is 2.54. The van der Waals surface area contributed by atoms with Gasteiger partial charge in [-0.3, -0.25) is 0 Å². The fraction of sp³-hybridized carbons (Fsp3) is 1.00. The zero-order valence-corrected chi connectivity index (χ0v) is 9.74. The molecule has 0 aromatic rings. The van der Waals surface area contributed by atoms with E-state index in [1.54, 1.807) is 0 Å². The van der Waals surface area contributed by atoms with Crippen molar-refractivity contribution in [1.29, 1.82) is 0 Å². The molecule has 2 atom stereocenters. The first-order valence-corrected chi connectivity index (χ1v) is 6.58. The van der Waals surface area contributed by atoms with Crippen molar-refractivity contribution in [3.63, 3.8) is 0 Å². The number of unbranched alkanes of at least 4 members (excludes halogenated alkanes) is 2. The Kier molecular flexibility index (Phi) is 5.88. The smallest absolute Gasteiger partial charge is 0.103 e. The van der Waals surface area contributed by atoms with Crippen LogP contribution in [0.15, 0.2) is 0 Å². The van der Waals surface area contributed by atoms with Crippen LogP contribution in [0.3, 0.4) is 0 Å². The van der Waals surface area contributed by atoms with Crippen LogP contribution < -0.4 is 0 Å². The Labute approximate surface area is 86.6 Å². The fourth-order valence-corrected chi connectivity index (χ4v) is 3.11. The Morgan fingerprint density at radius 1 is 1.15 bits per heavy atom. The molecule has 0 radical (unpaired) electrons. The monoisotopic (exact) mass is 202 g/mol. The molecule has 0 aromatic carbocycles. The van der Waals surface area contributed by atoms with Gasteiger partial charge in [0.2, 0.25) is 0 Å². The molecule has 1 rings (SSSR count). The number of thioether (sulfide) groups is 1. The molecule has 0 amide bonds. The Morgan fingerprint density at radius 2 is 2.00 bits per heavy atom. The molecule has 1 saturated heterocycles. The van der Waals surface area contributed by atoms with Crippen LogP contribution >= 0.6 is 11.8 Å². The lowest BCUT2D eigenvalue weighted by Crippen LogP contribution is -2.01. The van der Waals surface area contributed by atoms with E-state index >= 15 is 0 Å². The highest BCUT2D eigenvalue weighted by atomic mass is 32.2. The Morgan fingerprint density at radius 3 is 2.69 bits per heavy atom. The summed E-state index contributed by atoms with van der Waals surface area (Å²) in [6, 6.07) is 0. The maximum Gasteiger partial charge on any atom is 0.103 e. The van der Waals surface area contributed by atoms with E-state index in [-0.39, 0.29) is 0 Å². The summed E-state index contributed by atoms with van der Waals surface area (Å²) in [5, 5.41) is 0.789. The summed E-state index contributed by atoms with van der Waals surface area (Å²) in [4.78, 5) is 0. The SMILES string of the molecule is CCCCCC1OCC(CCC)S1. The minimum Gasteiger partial charge on any atom is -0.366 e. The predicted molar refractivity (Wildman–Crippen MR) is 60.2 cm³/mol. The third kappa shape index (κ3) is 4.37. The highest BCUT2D eigenvalue weighted by Crippen LogP contribution is 2.33. The first-order valence-electron chi connectivity index (χ1n) is 5.63. The minimum atomic E-state index is 0.517. The van der Waals surface area contributed by atoms with E-state index in [4.69, 9.17) is 4.74 Å². The van der Waals surface area contributed by atoms with Crippen molar-refractivity contribution in [3.05, 3.63) is 0 Å². The second-order valence-corrected chi connectivity index (χ2v) is 5.27. The zero-order chi connectivity index (χ0) is 9.52. The van der Waals surface area contributed by atoms with Gasteiger partial charge in [-0.15, -0.1) is 11.8 Å². The molecule has 78 valence electrons. The molecule has 1 heterocycles. The standard InChI is InChI=1S/C11H22OS/c1-3-5-6-8-11-12-9-10(13-11)7-4-2/h10-11H,3-9H2,1-2H3. The summed E-state index contributed by atoms with van der Waals surface area (Å²) in [5.74, 6) is 0. The van der Waals surface area contributed by atoms with Crippen LogP contribution in [0.2, 0.25) is 0 Å². The molecule has 13 heavy (non-hydrogen) atoms. The number of hydrogen-bond donors (Lipinski definition) is 0. The number of rotatable bonds is 6. The van der Waals surface area contributed by atoms with E-state index in [1.165, 1.54) is 38.5 Å². The van der Waals surface area contributed by atoms with E-state index in [1.807, 2.05) is 0 Å². The van der Waals surface area contributed by atoms with Gasteiger partial charge in [0.15, 0.2) is 0 Å². The van der Waals surface area contributed by atoms with Crippen LogP contribution in [-0.4, -0.2) is 17.3 Å². The van der Waals surface area contributed by atoms with Crippen LogP contribution in [0.5, 0.6) is 0 Å². The Balaban J connectivity index is 2.03. The molecule has 0 spiro atoms. The van der Waals surface area contributed by atoms with E-state index in [9.17, 15) is 0 Å². The molecule has 0 saturated carbocycles. The zero-order valence-electron chi connectivity index (χ0n) is 8.92. The third-order valence-electron chi connectivity index (χ3n) is 2.47. The van der Waals surface area contributed by atoms with Crippen molar-refractivity contribution >= 4 is 11.8 Å². The van der Waals surface area contributed by atoms with E-state index in [0.717, 1.165) is 11.9 Å². The highest BCUT2D eigenvalue weighted by Gasteiger charge is 2.24. The van der Waals surface area contributed by atoms with Crippen molar-refractivity contribution in [3.8, 4) is 0 Å². The van der Waals surface area contributed by atoms with E-state index < -0.39 is 0 Å². The molecule has 1 aliphatic heterocycles. The topological polar surface area (TPSA) is 9.23 Å². The molecule has 2 unspecified atom stereocenters. The van der Waals surface area contributed by atoms with Crippen molar-refractivity contribution < 1.29 is 4.74 Å². The number of ether oxygens (including phenoxy) is 1. The van der Waals surface area contributed by atoms with E-state index in [0.29, 0.717) is 5.44 Å². The molecule has 0 N–H and O–H groups in total. The largest absolute Gasteiger partial charge is 0.366 e. The van der Waals surface area contributed by atoms with Gasteiger partial charge in [0.1, 0.15) is 5.44 Å². The van der Waals surface area contributed by atoms with Gasteiger partial charge in [-0.25, -0.2) is 0 Å². The predicted octanol–water partition coefficient (Wildman–Crippen LogP) is 3.82. The normalized spacial score (nSPS) is 28.2. The summed E-state index contributed by atoms with van der Waals surface area (Å²) in [6.45, 7) is 5.50. The molecule has 0 aliphatic carbocycles. The van der Waals surface area contributed by atoms with Crippen molar-refractivity contribution in [2.45, 2.75) is 63.1 Å². The van der Waals surface area contributed by atoms with Crippen molar-refractivity contribution in [2.75, 3.05) is 6.61 Å². The van der Waals surface area contributed by atoms with Gasteiger partial charge in [-0.05, 0) is 12.8 Å². The van der Waals surface area contributed by atoms with Gasteiger partial charge in [-0.1, -0.05) is 39.5 Å². The lowest BCUT2D eigenvalue weighted by atomic mass is 10.2. The van der Waals surface area contributed by atoms with Gasteiger partial charge >= 0.3 is 0 Å². The van der Waals surface area contributed by atoms with Gasteiger partial charge in [-0.2, -0.15) is 0 Å². The summed E-state index contributed by atoms with van der Waals surface area (Å²) in [5.41, 5.74) is 0.517. The molecule has 1 aliphatic rings. The molecule has 0 aromatic heterocycles. The molecule has 0 bridgehead atoms. The minimum absolute atomic E-state index is 0.517.